The van der Waals surface area contributed by atoms with Crippen molar-refractivity contribution in [1.29, 1.82) is 0 Å². The van der Waals surface area contributed by atoms with Gasteiger partial charge >= 0.3 is 6.09 Å². The van der Waals surface area contributed by atoms with Crippen molar-refractivity contribution in [1.82, 2.24) is 4.90 Å². The average Bonchev–Trinajstić information content (AvgIpc) is 2.31. The lowest BCUT2D eigenvalue weighted by molar-refractivity contribution is 0.125. The molecule has 0 aromatic heterocycles. The van der Waals surface area contributed by atoms with Crippen LogP contribution in [0.3, 0.4) is 0 Å². The Morgan fingerprint density at radius 3 is 2.65 bits per heavy atom. The van der Waals surface area contributed by atoms with Crippen LogP contribution in [0, 0.1) is 0 Å². The number of rotatable bonds is 1. The summed E-state index contributed by atoms with van der Waals surface area (Å²) >= 11 is 0. The van der Waals surface area contributed by atoms with Crippen LogP contribution < -0.4 is 4.74 Å². The number of ether oxygens (including phenoxy) is 1. The molecule has 86 valence electrons. The molecule has 3 heteroatoms. The van der Waals surface area contributed by atoms with E-state index < -0.39 is 0 Å². The van der Waals surface area contributed by atoms with Gasteiger partial charge < -0.3 is 9.64 Å². The Kier molecular flexibility index (Phi) is 2.18. The molecule has 1 saturated heterocycles. The first-order chi connectivity index (χ1) is 8.75. The van der Waals surface area contributed by atoms with Crippen molar-refractivity contribution in [3.63, 3.8) is 0 Å². The summed E-state index contributed by atoms with van der Waals surface area (Å²) in [7, 11) is 0. The summed E-state index contributed by atoms with van der Waals surface area (Å²) in [4.78, 5) is 13.3. The molecular formula is C14H13NO2. The molecular weight excluding hydrogens is 214 g/mol. The van der Waals surface area contributed by atoms with Gasteiger partial charge in [0.15, 0.2) is 0 Å². The maximum absolute atomic E-state index is 11.7. The Bertz CT molecular complexity index is 608. The molecule has 3 rings (SSSR count). The molecule has 2 aromatic carbocycles. The van der Waals surface area contributed by atoms with Crippen LogP contribution in [0.5, 0.6) is 5.75 Å². The summed E-state index contributed by atoms with van der Waals surface area (Å²) in [5.41, 5.74) is 0. The van der Waals surface area contributed by atoms with Crippen molar-refractivity contribution in [3.8, 4) is 5.75 Å². The van der Waals surface area contributed by atoms with Crippen LogP contribution in [0.2, 0.25) is 0 Å². The number of benzene rings is 2. The summed E-state index contributed by atoms with van der Waals surface area (Å²) in [6.07, 6.45) is 0.672. The SMILES string of the molecule is [2H]c1c(OC(=O)N2CCC2)ccc2ccccc12. The van der Waals surface area contributed by atoms with Crippen molar-refractivity contribution in [3.05, 3.63) is 42.4 Å². The zero-order chi connectivity index (χ0) is 12.5. The van der Waals surface area contributed by atoms with Gasteiger partial charge in [-0.15, -0.1) is 0 Å². The van der Waals surface area contributed by atoms with Crippen molar-refractivity contribution >= 4 is 16.9 Å². The molecule has 1 fully saturated rings. The lowest BCUT2D eigenvalue weighted by Crippen LogP contribution is -2.43. The van der Waals surface area contributed by atoms with Crippen LogP contribution in [0.25, 0.3) is 10.8 Å². The quantitative estimate of drug-likeness (QED) is 0.750. The minimum Gasteiger partial charge on any atom is -0.410 e. The molecule has 1 heterocycles. The molecule has 1 aliphatic rings. The van der Waals surface area contributed by atoms with E-state index in [1.165, 1.54) is 0 Å². The standard InChI is InChI=1S/C14H13NO2/c16-14(15-8-3-9-15)17-13-7-6-11-4-1-2-5-12(11)10-13/h1-2,4-7,10H,3,8-9H2/i10D. The predicted octanol–water partition coefficient (Wildman–Crippen LogP) is 3.04. The molecule has 0 atom stereocenters. The van der Waals surface area contributed by atoms with Crippen LogP contribution >= 0.6 is 0 Å². The number of fused-ring (bicyclic) bond motifs is 1. The molecule has 3 nitrogen and oxygen atoms in total. The van der Waals surface area contributed by atoms with Crippen LogP contribution in [0.1, 0.15) is 7.79 Å². The van der Waals surface area contributed by atoms with Crippen LogP contribution in [-0.2, 0) is 0 Å². The molecule has 0 bridgehead atoms. The second-order valence-corrected chi connectivity index (χ2v) is 4.12. The van der Waals surface area contributed by atoms with E-state index in [2.05, 4.69) is 0 Å². The van der Waals surface area contributed by atoms with Crippen LogP contribution in [-0.4, -0.2) is 24.1 Å². The fraction of sp³-hybridized carbons (Fsp3) is 0.214. The van der Waals surface area contributed by atoms with Gasteiger partial charge in [0.1, 0.15) is 5.75 Å². The molecule has 0 saturated carbocycles. The first-order valence-corrected chi connectivity index (χ1v) is 5.71. The lowest BCUT2D eigenvalue weighted by Gasteiger charge is -2.29. The lowest BCUT2D eigenvalue weighted by atomic mass is 10.1. The van der Waals surface area contributed by atoms with Crippen LogP contribution in [0.4, 0.5) is 4.79 Å². The third-order valence-electron chi connectivity index (χ3n) is 2.94. The molecule has 0 N–H and O–H groups in total. The van der Waals surface area contributed by atoms with Crippen molar-refractivity contribution in [2.45, 2.75) is 6.42 Å². The van der Waals surface area contributed by atoms with Gasteiger partial charge in [0, 0.05) is 13.1 Å². The van der Waals surface area contributed by atoms with E-state index in [4.69, 9.17) is 6.11 Å². The Morgan fingerprint density at radius 1 is 1.18 bits per heavy atom. The number of nitrogens with zero attached hydrogens (tertiary/aromatic N) is 1. The Balaban J connectivity index is 1.92. The predicted molar refractivity (Wildman–Crippen MR) is 66.2 cm³/mol. The minimum absolute atomic E-state index is 0.266. The number of amides is 1. The second-order valence-electron chi connectivity index (χ2n) is 4.12. The Labute approximate surface area is 101 Å². The van der Waals surface area contributed by atoms with Crippen molar-refractivity contribution in [2.75, 3.05) is 13.1 Å². The number of hydrogen-bond acceptors (Lipinski definition) is 2. The summed E-state index contributed by atoms with van der Waals surface area (Å²) in [6, 6.07) is 11.4. The molecule has 17 heavy (non-hydrogen) atoms. The molecule has 0 radical (unpaired) electrons. The van der Waals surface area contributed by atoms with Gasteiger partial charge in [-0.25, -0.2) is 4.79 Å². The molecule has 1 amide bonds. The number of carbonyl (C=O) groups is 1. The van der Waals surface area contributed by atoms with E-state index in [1.54, 1.807) is 11.0 Å². The van der Waals surface area contributed by atoms with Gasteiger partial charge in [-0.05, 0) is 29.3 Å². The number of carbonyl (C=O) groups excluding carboxylic acids is 1. The highest BCUT2D eigenvalue weighted by Crippen LogP contribution is 2.21. The largest absolute Gasteiger partial charge is 0.415 e. The van der Waals surface area contributed by atoms with Crippen LogP contribution in [0.15, 0.2) is 42.4 Å². The van der Waals surface area contributed by atoms with Gasteiger partial charge in [0.05, 0.1) is 1.37 Å². The molecule has 1 aliphatic heterocycles. The van der Waals surface area contributed by atoms with E-state index in [9.17, 15) is 4.79 Å². The van der Waals surface area contributed by atoms with Gasteiger partial charge in [-0.1, -0.05) is 30.3 Å². The third-order valence-corrected chi connectivity index (χ3v) is 2.94. The summed E-state index contributed by atoms with van der Waals surface area (Å²) in [5.74, 6) is 0.325. The maximum atomic E-state index is 11.7. The molecule has 0 aliphatic carbocycles. The molecule has 0 spiro atoms. The summed E-state index contributed by atoms with van der Waals surface area (Å²) in [6.45, 7) is 1.50. The monoisotopic (exact) mass is 228 g/mol. The molecule has 2 aromatic rings. The smallest absolute Gasteiger partial charge is 0.410 e. The first kappa shape index (κ1) is 9.05. The van der Waals surface area contributed by atoms with E-state index >= 15 is 0 Å². The fourth-order valence-corrected chi connectivity index (χ4v) is 1.81. The summed E-state index contributed by atoms with van der Waals surface area (Å²) in [5, 5.41) is 1.78. The van der Waals surface area contributed by atoms with Gasteiger partial charge in [-0.3, -0.25) is 0 Å². The highest BCUT2D eigenvalue weighted by Gasteiger charge is 2.21. The first-order valence-electron chi connectivity index (χ1n) is 6.21. The highest BCUT2D eigenvalue weighted by atomic mass is 16.6. The average molecular weight is 228 g/mol. The normalized spacial score (nSPS) is 15.3. The maximum Gasteiger partial charge on any atom is 0.415 e. The van der Waals surface area contributed by atoms with Gasteiger partial charge in [0.2, 0.25) is 0 Å². The summed E-state index contributed by atoms with van der Waals surface area (Å²) < 4.78 is 13.3. The van der Waals surface area contributed by atoms with Gasteiger partial charge in [-0.2, -0.15) is 0 Å². The minimum atomic E-state index is -0.356. The topological polar surface area (TPSA) is 29.5 Å². The number of likely N-dealkylation sites (tertiary alicyclic amines) is 1. The Morgan fingerprint density at radius 2 is 1.94 bits per heavy atom. The number of hydrogen-bond donors (Lipinski definition) is 0. The fourth-order valence-electron chi connectivity index (χ4n) is 1.81. The zero-order valence-corrected chi connectivity index (χ0v) is 9.35. The highest BCUT2D eigenvalue weighted by molar-refractivity contribution is 5.84. The van der Waals surface area contributed by atoms with E-state index in [-0.39, 0.29) is 12.1 Å². The van der Waals surface area contributed by atoms with Gasteiger partial charge in [0.25, 0.3) is 0 Å². The van der Waals surface area contributed by atoms with Crippen molar-refractivity contribution < 1.29 is 10.9 Å². The molecule has 0 unspecified atom stereocenters. The third kappa shape index (κ3) is 1.96. The zero-order valence-electron chi connectivity index (χ0n) is 10.3. The second kappa shape index (κ2) is 4.09. The van der Waals surface area contributed by atoms with Crippen molar-refractivity contribution in [2.24, 2.45) is 0 Å². The Hall–Kier alpha value is -2.03. The van der Waals surface area contributed by atoms with E-state index in [0.717, 1.165) is 30.3 Å². The van der Waals surface area contributed by atoms with E-state index in [1.807, 2.05) is 30.3 Å². The van der Waals surface area contributed by atoms with E-state index in [0.29, 0.717) is 5.75 Å².